The molecule has 792 valence electrons. The maximum Gasteiger partial charge on any atom is 0.211 e. The van der Waals surface area contributed by atoms with E-state index in [1.807, 2.05) is 128 Å². The fourth-order valence-electron chi connectivity index (χ4n) is 19.9. The average Bonchev–Trinajstić information content (AvgIpc) is 0.820. The van der Waals surface area contributed by atoms with Crippen LogP contribution < -0.4 is 84.9 Å². The predicted molar refractivity (Wildman–Crippen MR) is 624 cm³/mol. The summed E-state index contributed by atoms with van der Waals surface area (Å²) in [6.07, 6.45) is 26.6. The first-order chi connectivity index (χ1) is 72.2. The molecule has 8 aromatic heterocycles. The molecule has 4 atom stereocenters. The fourth-order valence-corrected chi connectivity index (χ4v) is 22.0. The standard InChI is InChI=1S/2C19H23N7S.C18H26N6S.C16H24N6S.C15H22N6O2S2.C15H22N6S/c1-14-2-8-22-18-16(5-9-21-17(14)18)23-24-19(27)26-12-10-25(11-13-26)15-3-6-20-7-4-15;1-14-5-8-22-18-15(6-9-21-17(14)18)23-24-19(27)26-12-10-25(11-13-26)16-4-2-3-7-20-16;1-13-5-7-20-17-15(6-8-19-16(13)17)21-22-18(25)24-11-10-23-9-3-2-4-14(23)12-24;1-10-4-6-18-15-13(5-7-17-14(10)15)20-21-16(23)22-8-11(2)19-12(3)9-22;1-11-3-5-17-14-12(4-6-16-13(11)14)18-19-15(24)20-7-9-21(10-8-20)25(2,22)23;1-10-3-5-18-14-12(4-6-17-13(10)14)19-20-15(22)21-8-7-16-11(2)9-21/h2-4,6-8,21H,5,9-13H2,1H3,(H,24,27);2-5,7-8,21H,6,9-13H2,1H3,(H,24,27);5,7,14,19H,2-4,6,8-12H2,1H3,(H,22,25);4,6,11-12,17,19H,5,7-9H2,1-3H3,(H,21,23);3,5,16H,4,6-10H2,1-2H3,(H,19,24);3,5,11,16-17H,4,6-9H2,1-2H3,(H,20,22)/b23-16-;23-15-;21-15-;20-13-;18-12-;19-12-/t;;;11-,12+;;. The van der Waals surface area contributed by atoms with Gasteiger partial charge in [-0.05, 0) is 249 Å². The summed E-state index contributed by atoms with van der Waals surface area (Å²) < 4.78 is 24.6. The van der Waals surface area contributed by atoms with E-state index in [0.717, 1.165) is 302 Å². The van der Waals surface area contributed by atoms with Gasteiger partial charge in [-0.25, -0.2) is 13.4 Å². The van der Waals surface area contributed by atoms with Gasteiger partial charge in [-0.3, -0.25) is 72.3 Å². The van der Waals surface area contributed by atoms with Crippen LogP contribution in [0, 0.1) is 41.5 Å². The third-order valence-corrected chi connectivity index (χ3v) is 31.5. The van der Waals surface area contributed by atoms with Crippen molar-refractivity contribution in [2.24, 2.45) is 30.6 Å². The number of anilines is 8. The molecule has 0 aromatic carbocycles. The van der Waals surface area contributed by atoms with Crippen LogP contribution in [0.5, 0.6) is 0 Å². The van der Waals surface area contributed by atoms with Crippen LogP contribution in [-0.2, 0) is 10.0 Å². The van der Waals surface area contributed by atoms with E-state index in [-0.39, 0.29) is 0 Å². The zero-order valence-corrected chi connectivity index (χ0v) is 92.4. The van der Waals surface area contributed by atoms with Crippen LogP contribution in [0.1, 0.15) is 146 Å². The molecule has 47 heteroatoms. The quantitative estimate of drug-likeness (QED) is 0.0473. The molecule has 7 fully saturated rings. The minimum Gasteiger partial charge on any atom is -0.383 e. The van der Waals surface area contributed by atoms with Crippen molar-refractivity contribution in [3.63, 3.8) is 0 Å². The Hall–Kier alpha value is -12.4. The van der Waals surface area contributed by atoms with Crippen molar-refractivity contribution in [3.8, 4) is 0 Å². The van der Waals surface area contributed by atoms with Gasteiger partial charge in [-0.2, -0.15) is 34.9 Å². The second-order valence-electron chi connectivity index (χ2n) is 38.8. The average molecular weight is 2150 g/mol. The van der Waals surface area contributed by atoms with E-state index in [1.165, 1.54) is 69.9 Å². The zero-order valence-electron chi connectivity index (χ0n) is 86.7. The molecule has 0 spiro atoms. The van der Waals surface area contributed by atoms with Gasteiger partial charge < -0.3 is 81.7 Å². The third kappa shape index (κ3) is 29.2. The van der Waals surface area contributed by atoms with Gasteiger partial charge in [-0.15, -0.1) is 0 Å². The molecule has 0 bridgehead atoms. The highest BCUT2D eigenvalue weighted by Gasteiger charge is 2.34. The van der Waals surface area contributed by atoms with Crippen molar-refractivity contribution in [2.45, 2.75) is 144 Å². The van der Waals surface area contributed by atoms with E-state index in [1.54, 1.807) is 6.20 Å². The van der Waals surface area contributed by atoms with Gasteiger partial charge in [0, 0.05) is 294 Å². The van der Waals surface area contributed by atoms with Crippen molar-refractivity contribution in [1.29, 1.82) is 0 Å². The molecular formula is C102H140N38O2S7. The number of nitrogens with zero attached hydrogens (tertiary/aromatic N) is 24. The number of hydrogen-bond donors (Lipinski definition) is 14. The summed E-state index contributed by atoms with van der Waals surface area (Å²) in [5.41, 5.74) is 44.2. The highest BCUT2D eigenvalue weighted by atomic mass is 32.2. The van der Waals surface area contributed by atoms with Gasteiger partial charge in [0.25, 0.3) is 0 Å². The first kappa shape index (κ1) is 109. The second-order valence-corrected chi connectivity index (χ2v) is 43.1. The predicted octanol–water partition coefficient (Wildman–Crippen LogP) is 8.86. The smallest absolute Gasteiger partial charge is 0.211 e. The van der Waals surface area contributed by atoms with Crippen LogP contribution in [0.25, 0.3) is 0 Å². The lowest BCUT2D eigenvalue weighted by molar-refractivity contribution is 0.0799. The molecule has 0 amide bonds. The number of piperazine rings is 6. The van der Waals surface area contributed by atoms with E-state index < -0.39 is 10.0 Å². The van der Waals surface area contributed by atoms with E-state index >= 15 is 0 Å². The van der Waals surface area contributed by atoms with Crippen LogP contribution >= 0.6 is 73.3 Å². The zero-order chi connectivity index (χ0) is 104. The van der Waals surface area contributed by atoms with Gasteiger partial charge in [0.2, 0.25) is 10.0 Å². The first-order valence-electron chi connectivity index (χ1n) is 51.6. The molecule has 2 unspecified atom stereocenters. The molecule has 40 nitrogen and oxygen atoms in total. The summed E-state index contributed by atoms with van der Waals surface area (Å²) in [5, 5.41) is 58.6. The summed E-state index contributed by atoms with van der Waals surface area (Å²) in [6, 6.07) is 24.1. The monoisotopic (exact) mass is 2150 g/mol. The lowest BCUT2D eigenvalue weighted by Gasteiger charge is -2.44. The maximum atomic E-state index is 11.6. The van der Waals surface area contributed by atoms with E-state index in [9.17, 15) is 8.42 Å². The fraction of sp³-hybridized carbons (Fsp3) is 0.490. The number of hydrazone groups is 6. The first-order valence-corrected chi connectivity index (χ1v) is 55.9. The largest absolute Gasteiger partial charge is 0.383 e. The molecule has 21 rings (SSSR count). The van der Waals surface area contributed by atoms with Crippen LogP contribution in [0.2, 0.25) is 0 Å². The summed E-state index contributed by atoms with van der Waals surface area (Å²) in [7, 11) is -3.14. The summed E-state index contributed by atoms with van der Waals surface area (Å²) >= 11 is 33.1. The van der Waals surface area contributed by atoms with Gasteiger partial charge in [0.05, 0.1) is 74.7 Å². The highest BCUT2D eigenvalue weighted by Crippen LogP contribution is 2.32. The number of fused-ring (bicyclic) bond motifs is 7. The Morgan fingerprint density at radius 3 is 0.993 bits per heavy atom. The number of aromatic nitrogens is 8. The number of sulfonamides is 1. The van der Waals surface area contributed by atoms with E-state index in [0.29, 0.717) is 75.9 Å². The van der Waals surface area contributed by atoms with E-state index in [2.05, 4.69) is 240 Å². The Bertz CT molecular complexity index is 6200. The normalized spacial score (nSPS) is 21.5. The summed E-state index contributed by atoms with van der Waals surface area (Å²) in [6.45, 7) is 42.1. The molecular weight excluding hydrogens is 2010 g/mol. The molecule has 14 N–H and O–H groups in total. The minimum absolute atomic E-state index is 0.426. The number of aryl methyl sites for hydroxylation is 6. The van der Waals surface area contributed by atoms with Crippen molar-refractivity contribution < 1.29 is 8.42 Å². The van der Waals surface area contributed by atoms with Gasteiger partial charge >= 0.3 is 0 Å². The second kappa shape index (κ2) is 52.8. The molecule has 0 saturated carbocycles. The van der Waals surface area contributed by atoms with Gasteiger partial charge in [0.15, 0.2) is 30.7 Å². The molecule has 149 heavy (non-hydrogen) atoms. The molecule has 0 aliphatic carbocycles. The molecule has 21 heterocycles. The lowest BCUT2D eigenvalue weighted by Crippen LogP contribution is -2.57. The topological polar surface area (TPSA) is 412 Å². The van der Waals surface area contributed by atoms with Gasteiger partial charge in [-0.1, -0.05) is 12.5 Å². The summed E-state index contributed by atoms with van der Waals surface area (Å²) in [5.74, 6) is 1.02. The summed E-state index contributed by atoms with van der Waals surface area (Å²) in [4.78, 5) is 55.5. The van der Waals surface area contributed by atoms with Crippen molar-refractivity contribution in [1.82, 2.24) is 122 Å². The highest BCUT2D eigenvalue weighted by molar-refractivity contribution is 7.88. The number of rotatable bonds is 9. The van der Waals surface area contributed by atoms with Crippen LogP contribution in [0.4, 0.5) is 45.6 Å². The number of nitrogens with one attached hydrogen (secondary N) is 14. The Labute approximate surface area is 907 Å². The molecule has 13 aliphatic rings. The molecule has 13 aliphatic heterocycles. The Morgan fingerprint density at radius 1 is 0.329 bits per heavy atom. The number of pyridine rings is 8. The van der Waals surface area contributed by atoms with Crippen LogP contribution in [-0.4, -0.2) is 359 Å². The van der Waals surface area contributed by atoms with Crippen molar-refractivity contribution in [2.75, 3.05) is 225 Å². The van der Waals surface area contributed by atoms with Crippen LogP contribution in [0.3, 0.4) is 0 Å². The molecule has 8 aromatic rings. The Balaban J connectivity index is 0.000000128. The number of piperidine rings is 1. The lowest BCUT2D eigenvalue weighted by atomic mass is 10.00. The Kier molecular flexibility index (Phi) is 38.7. The van der Waals surface area contributed by atoms with Crippen molar-refractivity contribution in [3.05, 3.63) is 190 Å². The third-order valence-electron chi connectivity index (χ3n) is 28.1. The van der Waals surface area contributed by atoms with Crippen molar-refractivity contribution >= 4 is 194 Å². The number of thiocarbonyl (C=S) groups is 6. The maximum absolute atomic E-state index is 11.6. The molecule has 0 radical (unpaired) electrons. The van der Waals surface area contributed by atoms with Gasteiger partial charge in [0.1, 0.15) is 40.0 Å². The SMILES string of the molecule is Cc1ccnc2c1NCC/C2=N/NC(=S)N1CCN(S(C)(=O)=O)CC1.Cc1ccnc2c1NCC/C2=N/NC(=S)N1CCN(c2ccccn2)CC1.Cc1ccnc2c1NCC/C2=N/NC(=S)N1CCN(c2ccncc2)CC1.Cc1ccnc2c1NCC/C2=N/NC(=S)N1CCN2CCCCC2C1.Cc1ccnc2c1NCC/C2=N/NC(=S)N1CCNC(C)C1.Cc1ccnc2c1NCC/C2=N/NC(=S)N1C[C@@H](C)N[C@@H](C)C1. The number of hydrogen-bond acceptors (Lipinski definition) is 33. The molecule has 7 saturated heterocycles. The van der Waals surface area contributed by atoms with Crippen LogP contribution in [0.15, 0.2) is 153 Å². The Morgan fingerprint density at radius 2 is 0.651 bits per heavy atom. The van der Waals surface area contributed by atoms with E-state index in [4.69, 9.17) is 73.3 Å². The minimum atomic E-state index is -3.14.